The summed E-state index contributed by atoms with van der Waals surface area (Å²) in [5.41, 5.74) is 5.14. The highest BCUT2D eigenvalue weighted by Crippen LogP contribution is 2.20. The molecule has 53 heavy (non-hydrogen) atoms. The Morgan fingerprint density at radius 3 is 1.08 bits per heavy atom. The van der Waals surface area contributed by atoms with Crippen LogP contribution in [0.15, 0.2) is 158 Å². The van der Waals surface area contributed by atoms with E-state index in [-0.39, 0.29) is 0 Å². The molecule has 6 aromatic carbocycles. The number of ether oxygens (including phenoxy) is 2. The number of rotatable bonds is 10. The predicted molar refractivity (Wildman–Crippen MR) is 206 cm³/mol. The molecular weight excluding hydrogens is 672 g/mol. The zero-order chi connectivity index (χ0) is 36.8. The van der Waals surface area contributed by atoms with Crippen molar-refractivity contribution in [2.75, 3.05) is 31.9 Å². The highest BCUT2D eigenvalue weighted by Gasteiger charge is 2.10. The van der Waals surface area contributed by atoms with Crippen LogP contribution in [0.2, 0.25) is 0 Å². The lowest BCUT2D eigenvalue weighted by Crippen LogP contribution is -2.20. The van der Waals surface area contributed by atoms with Gasteiger partial charge in [0, 0.05) is 34.1 Å². The van der Waals surface area contributed by atoms with E-state index >= 15 is 0 Å². The SMILES string of the molecule is O=C(Nc1ccc(Cc2ccc(NC(=O)Nc3cccc(NC(=O)Oc4ccccc4)c3)cc2)cc1)Nc1cccc(NC(=O)Oc2ccccc2)c1. The van der Waals surface area contributed by atoms with Crippen LogP contribution in [0.5, 0.6) is 11.5 Å². The third-order valence-corrected chi connectivity index (χ3v) is 7.47. The summed E-state index contributed by atoms with van der Waals surface area (Å²) in [4.78, 5) is 49.8. The van der Waals surface area contributed by atoms with Crippen LogP contribution < -0.4 is 41.4 Å². The lowest BCUT2D eigenvalue weighted by molar-refractivity contribution is 0.214. The summed E-state index contributed by atoms with van der Waals surface area (Å²) in [6, 6.07) is 44.9. The fourth-order valence-electron chi connectivity index (χ4n) is 5.06. The molecule has 12 heteroatoms. The van der Waals surface area contributed by atoms with Gasteiger partial charge in [0.05, 0.1) is 0 Å². The maximum atomic E-state index is 12.7. The zero-order valence-corrected chi connectivity index (χ0v) is 28.2. The van der Waals surface area contributed by atoms with Crippen molar-refractivity contribution >= 4 is 58.4 Å². The molecule has 6 aromatic rings. The third kappa shape index (κ3) is 11.2. The van der Waals surface area contributed by atoms with E-state index in [1.807, 2.05) is 60.7 Å². The second kappa shape index (κ2) is 17.4. The number of para-hydroxylation sites is 2. The molecule has 6 rings (SSSR count). The molecule has 0 fully saturated rings. The molecule has 0 heterocycles. The molecule has 0 aliphatic rings. The summed E-state index contributed by atoms with van der Waals surface area (Å²) >= 11 is 0. The van der Waals surface area contributed by atoms with Crippen molar-refractivity contribution in [1.29, 1.82) is 0 Å². The molecule has 0 aliphatic heterocycles. The number of carbonyl (C=O) groups excluding carboxylic acids is 4. The molecule has 0 radical (unpaired) electrons. The fraction of sp³-hybridized carbons (Fsp3) is 0.0244. The first-order valence-corrected chi connectivity index (χ1v) is 16.4. The van der Waals surface area contributed by atoms with Gasteiger partial charge in [0.2, 0.25) is 0 Å². The summed E-state index contributed by atoms with van der Waals surface area (Å²) in [5, 5.41) is 16.4. The lowest BCUT2D eigenvalue weighted by Gasteiger charge is -2.11. The molecule has 0 saturated carbocycles. The van der Waals surface area contributed by atoms with E-state index in [9.17, 15) is 19.2 Å². The van der Waals surface area contributed by atoms with Crippen LogP contribution in [-0.4, -0.2) is 24.2 Å². The molecule has 0 spiro atoms. The van der Waals surface area contributed by atoms with E-state index < -0.39 is 24.2 Å². The van der Waals surface area contributed by atoms with Gasteiger partial charge >= 0.3 is 24.2 Å². The monoisotopic (exact) mass is 706 g/mol. The van der Waals surface area contributed by atoms with Gasteiger partial charge in [-0.2, -0.15) is 0 Å². The number of amides is 6. The molecule has 0 saturated heterocycles. The Kier molecular flexibility index (Phi) is 11.5. The van der Waals surface area contributed by atoms with Crippen LogP contribution in [0.1, 0.15) is 11.1 Å². The van der Waals surface area contributed by atoms with Crippen molar-refractivity contribution in [3.05, 3.63) is 169 Å². The smallest absolute Gasteiger partial charge is 0.410 e. The molecule has 12 nitrogen and oxygen atoms in total. The number of anilines is 6. The highest BCUT2D eigenvalue weighted by atomic mass is 16.6. The number of hydrogen-bond donors (Lipinski definition) is 6. The number of hydrogen-bond acceptors (Lipinski definition) is 6. The first kappa shape index (κ1) is 35.2. The second-order valence-electron chi connectivity index (χ2n) is 11.5. The average Bonchev–Trinajstić information content (AvgIpc) is 3.14. The van der Waals surface area contributed by atoms with Gasteiger partial charge < -0.3 is 30.7 Å². The topological polar surface area (TPSA) is 159 Å². The maximum absolute atomic E-state index is 12.7. The largest absolute Gasteiger partial charge is 0.417 e. The van der Waals surface area contributed by atoms with E-state index in [0.29, 0.717) is 52.0 Å². The van der Waals surface area contributed by atoms with Crippen LogP contribution in [0.4, 0.5) is 53.3 Å². The quantitative estimate of drug-likeness (QED) is 0.0832. The summed E-state index contributed by atoms with van der Waals surface area (Å²) in [7, 11) is 0. The molecule has 0 bridgehead atoms. The molecule has 6 amide bonds. The van der Waals surface area contributed by atoms with Crippen LogP contribution in [0.25, 0.3) is 0 Å². The first-order chi connectivity index (χ1) is 25.8. The average molecular weight is 707 g/mol. The van der Waals surface area contributed by atoms with Gasteiger partial charge in [-0.1, -0.05) is 72.8 Å². The van der Waals surface area contributed by atoms with Gasteiger partial charge in [-0.25, -0.2) is 19.2 Å². The Hall–Kier alpha value is -7.60. The van der Waals surface area contributed by atoms with Gasteiger partial charge in [0.15, 0.2) is 0 Å². The number of nitrogens with one attached hydrogen (secondary N) is 6. The van der Waals surface area contributed by atoms with E-state index in [2.05, 4.69) is 31.9 Å². The minimum atomic E-state index is -0.646. The normalized spacial score (nSPS) is 10.3. The molecular formula is C41H34N6O6. The van der Waals surface area contributed by atoms with Gasteiger partial charge in [-0.3, -0.25) is 10.6 Å². The van der Waals surface area contributed by atoms with Crippen LogP contribution in [0.3, 0.4) is 0 Å². The highest BCUT2D eigenvalue weighted by molar-refractivity contribution is 6.01. The van der Waals surface area contributed by atoms with Crippen molar-refractivity contribution in [1.82, 2.24) is 0 Å². The van der Waals surface area contributed by atoms with Gasteiger partial charge in [-0.15, -0.1) is 0 Å². The lowest BCUT2D eigenvalue weighted by atomic mass is 10.0. The summed E-state index contributed by atoms with van der Waals surface area (Å²) in [6.07, 6.45) is -0.655. The Balaban J connectivity index is 0.935. The second-order valence-corrected chi connectivity index (χ2v) is 11.5. The Bertz CT molecular complexity index is 2020. The van der Waals surface area contributed by atoms with Crippen molar-refractivity contribution < 1.29 is 28.7 Å². The Morgan fingerprint density at radius 1 is 0.358 bits per heavy atom. The number of benzene rings is 6. The van der Waals surface area contributed by atoms with Crippen molar-refractivity contribution in [2.45, 2.75) is 6.42 Å². The van der Waals surface area contributed by atoms with Crippen molar-refractivity contribution in [2.24, 2.45) is 0 Å². The first-order valence-electron chi connectivity index (χ1n) is 16.4. The molecule has 0 aliphatic carbocycles. The molecule has 0 aromatic heterocycles. The van der Waals surface area contributed by atoms with E-state index in [4.69, 9.17) is 9.47 Å². The zero-order valence-electron chi connectivity index (χ0n) is 28.2. The fourth-order valence-corrected chi connectivity index (χ4v) is 5.06. The minimum absolute atomic E-state index is 0.415. The molecule has 0 unspecified atom stereocenters. The van der Waals surface area contributed by atoms with Crippen LogP contribution >= 0.6 is 0 Å². The molecule has 0 atom stereocenters. The summed E-state index contributed by atoms with van der Waals surface area (Å²) in [5.74, 6) is 0.830. The van der Waals surface area contributed by atoms with Gasteiger partial charge in [0.25, 0.3) is 0 Å². The number of carbonyl (C=O) groups is 4. The van der Waals surface area contributed by atoms with Crippen molar-refractivity contribution in [3.63, 3.8) is 0 Å². The van der Waals surface area contributed by atoms with Gasteiger partial charge in [-0.05, 0) is 102 Å². The van der Waals surface area contributed by atoms with E-state index in [1.165, 1.54) is 0 Å². The minimum Gasteiger partial charge on any atom is -0.410 e. The van der Waals surface area contributed by atoms with Crippen LogP contribution in [-0.2, 0) is 6.42 Å². The van der Waals surface area contributed by atoms with Crippen molar-refractivity contribution in [3.8, 4) is 11.5 Å². The third-order valence-electron chi connectivity index (χ3n) is 7.47. The molecule has 6 N–H and O–H groups in total. The Morgan fingerprint density at radius 2 is 0.698 bits per heavy atom. The number of urea groups is 2. The summed E-state index contributed by atoms with van der Waals surface area (Å²) < 4.78 is 10.5. The van der Waals surface area contributed by atoms with Crippen LogP contribution in [0, 0.1) is 0 Å². The summed E-state index contributed by atoms with van der Waals surface area (Å²) in [6.45, 7) is 0. The standard InChI is InChI=1S/C41H34N6O6/c48-38(44-32-9-7-11-34(26-32)46-40(50)52-36-13-3-1-4-14-36)42-30-21-17-28(18-22-30)25-29-19-23-31(24-20-29)43-39(49)45-33-10-8-12-35(27-33)47-41(51)53-37-15-5-2-6-16-37/h1-24,26-27H,25H2,(H,46,50)(H,47,51)(H2,42,44,48)(H2,43,45,49). The van der Waals surface area contributed by atoms with Gasteiger partial charge in [0.1, 0.15) is 11.5 Å². The molecule has 264 valence electrons. The Labute approximate surface area is 305 Å². The maximum Gasteiger partial charge on any atom is 0.417 e. The van der Waals surface area contributed by atoms with E-state index in [1.54, 1.807) is 97.1 Å². The predicted octanol–water partition coefficient (Wildman–Crippen LogP) is 9.79. The van der Waals surface area contributed by atoms with E-state index in [0.717, 1.165) is 11.1 Å².